The van der Waals surface area contributed by atoms with Gasteiger partial charge in [0.05, 0.1) is 0 Å². The van der Waals surface area contributed by atoms with Gasteiger partial charge in [-0.1, -0.05) is 0 Å². The van der Waals surface area contributed by atoms with Gasteiger partial charge in [0.2, 0.25) is 0 Å². The number of halogens is 3. The summed E-state index contributed by atoms with van der Waals surface area (Å²) in [5.41, 5.74) is 0. The minimum absolute atomic E-state index is 0.375. The Kier molecular flexibility index (Phi) is 8.21. The molecule has 0 nitrogen and oxygen atoms in total. The first kappa shape index (κ1) is 11.7. The van der Waals surface area contributed by atoms with Gasteiger partial charge in [0.25, 0.3) is 0 Å². The van der Waals surface area contributed by atoms with E-state index < -0.39 is 0 Å². The third-order valence-corrected chi connectivity index (χ3v) is 15.2. The van der Waals surface area contributed by atoms with Gasteiger partial charge in [0.15, 0.2) is 0 Å². The van der Waals surface area contributed by atoms with Crippen molar-refractivity contribution in [2.75, 3.05) is 20.0 Å². The zero-order chi connectivity index (χ0) is 7.33. The average Bonchev–Trinajstić information content (AvgIpc) is 1.63. The number of hydrogen-bond acceptors (Lipinski definition) is 0. The second-order valence-corrected chi connectivity index (χ2v) is 24.5. The van der Waals surface area contributed by atoms with Crippen LogP contribution in [0.3, 0.4) is 0 Å². The van der Waals surface area contributed by atoms with Crippen molar-refractivity contribution in [1.82, 2.24) is 0 Å². The summed E-state index contributed by atoms with van der Waals surface area (Å²) in [6.07, 6.45) is 0. The summed E-state index contributed by atoms with van der Waals surface area (Å²) in [5.74, 6) is 0. The zero-order valence-electron chi connectivity index (χ0n) is 5.74. The summed E-state index contributed by atoms with van der Waals surface area (Å²) in [6, 6.07) is 0. The fourth-order valence-electron chi connectivity index (χ4n) is 0.150. The molecule has 0 aliphatic rings. The Morgan fingerprint density at radius 2 is 1.89 bits per heavy atom. The van der Waals surface area contributed by atoms with E-state index >= 15 is 0 Å². The third-order valence-electron chi connectivity index (χ3n) is 0.425. The summed E-state index contributed by atoms with van der Waals surface area (Å²) in [6.45, 7) is 7.31. The molecule has 0 N–H and O–H groups in total. The van der Waals surface area contributed by atoms with E-state index in [0.29, 0.717) is 41.2 Å². The molecule has 0 amide bonds. The van der Waals surface area contributed by atoms with Crippen LogP contribution >= 0.6 is 27.3 Å². The van der Waals surface area contributed by atoms with Crippen LogP contribution in [0.1, 0.15) is 0 Å². The fourth-order valence-corrected chi connectivity index (χ4v) is 23.2. The minimum atomic E-state index is -0.387. The van der Waals surface area contributed by atoms with Crippen molar-refractivity contribution >= 4 is 33.3 Å². The molecule has 0 aliphatic carbocycles. The van der Waals surface area contributed by atoms with Gasteiger partial charge >= 0.3 is 94.5 Å². The van der Waals surface area contributed by atoms with E-state index in [1.54, 1.807) is 0 Å². The van der Waals surface area contributed by atoms with Gasteiger partial charge < -0.3 is 0 Å². The predicted molar refractivity (Wildman–Crippen MR) is 50.2 cm³/mol. The van der Waals surface area contributed by atoms with E-state index in [-0.39, 0.29) is 4.90 Å². The van der Waals surface area contributed by atoms with E-state index in [4.69, 9.17) is 0 Å². The molecule has 0 bridgehead atoms. The molecular weight excluding hydrogens is 469 g/mol. The maximum atomic E-state index is 2.60. The summed E-state index contributed by atoms with van der Waals surface area (Å²) < 4.78 is 4.91. The molecule has 0 saturated carbocycles. The number of rotatable bonds is 4. The Hall–Kier alpha value is 2.75. The molecule has 0 aromatic rings. The third kappa shape index (κ3) is 10.7. The van der Waals surface area contributed by atoms with Crippen molar-refractivity contribution in [2.24, 2.45) is 0 Å². The van der Waals surface area contributed by atoms with E-state index in [9.17, 15) is 0 Å². The quantitative estimate of drug-likeness (QED) is 0.166. The van der Waals surface area contributed by atoms with Gasteiger partial charge in [0, 0.05) is 0 Å². The molecule has 6 heteroatoms. The molecular formula is C3H9B2I3P-. The summed E-state index contributed by atoms with van der Waals surface area (Å²) in [5, 5.41) is 0. The van der Waals surface area contributed by atoms with Crippen LogP contribution in [0.2, 0.25) is 0 Å². The Labute approximate surface area is 92.8 Å². The summed E-state index contributed by atoms with van der Waals surface area (Å²) >= 11 is 3.21. The molecule has 2 radical (unpaired) electrons. The maximum absolute atomic E-state index is 2.60. The van der Waals surface area contributed by atoms with Crippen LogP contribution < -0.4 is 41.2 Å². The van der Waals surface area contributed by atoms with Crippen LogP contribution in [0.25, 0.3) is 0 Å². The van der Waals surface area contributed by atoms with Crippen LogP contribution in [0.4, 0.5) is 0 Å². The van der Waals surface area contributed by atoms with Crippen LogP contribution in [-0.2, 0) is 0 Å². The molecule has 0 aromatic carbocycles. The van der Waals surface area contributed by atoms with Crippen molar-refractivity contribution in [1.29, 1.82) is 0 Å². The standard InChI is InChI=1S/C3H9B2I3P/c1-9(2,3)8-5-7-4-6/h1-3H3/q-1. The number of hydrogen-bond donors (Lipinski definition) is 0. The molecule has 0 rings (SSSR count). The molecule has 0 heterocycles. The Morgan fingerprint density at radius 3 is 2.22 bits per heavy atom. The van der Waals surface area contributed by atoms with Crippen molar-refractivity contribution in [2.45, 2.75) is 0 Å². The fraction of sp³-hybridized carbons (Fsp3) is 1.00. The molecule has 0 fully saturated rings. The molecule has 0 atom stereocenters. The zero-order valence-corrected chi connectivity index (χ0v) is 13.1. The van der Waals surface area contributed by atoms with Crippen molar-refractivity contribution in [3.8, 4) is 0 Å². The van der Waals surface area contributed by atoms with Crippen LogP contribution in [0.5, 0.6) is 0 Å². The Bertz CT molecular complexity index is 73.9. The van der Waals surface area contributed by atoms with E-state index in [1.165, 1.54) is 0 Å². The van der Waals surface area contributed by atoms with Gasteiger partial charge in [0.1, 0.15) is 0 Å². The van der Waals surface area contributed by atoms with E-state index in [2.05, 4.69) is 48.4 Å². The molecule has 0 aromatic heterocycles. The van der Waals surface area contributed by atoms with Gasteiger partial charge in [-0.2, -0.15) is 0 Å². The second-order valence-electron chi connectivity index (χ2n) is 2.24. The second kappa shape index (κ2) is 6.29. The Balaban J connectivity index is 3.07. The molecule has 0 unspecified atom stereocenters. The normalized spacial score (nSPS) is 12.0. The molecule has 54 valence electrons. The average molecular weight is 478 g/mol. The topological polar surface area (TPSA) is 0 Å². The molecule has 0 spiro atoms. The SMILES string of the molecule is C[P+](C)(C)[I-][B][I-][B]I. The van der Waals surface area contributed by atoms with Crippen LogP contribution in [-0.4, -0.2) is 26.0 Å². The first-order chi connectivity index (χ1) is 4.06. The predicted octanol–water partition coefficient (Wildman–Crippen LogP) is -4.51. The van der Waals surface area contributed by atoms with Crippen molar-refractivity contribution in [3.63, 3.8) is 0 Å². The summed E-state index contributed by atoms with van der Waals surface area (Å²) in [7, 11) is 0. The van der Waals surface area contributed by atoms with Crippen LogP contribution in [0, 0.1) is 0 Å². The van der Waals surface area contributed by atoms with Crippen LogP contribution in [0.15, 0.2) is 0 Å². The first-order valence-electron chi connectivity index (χ1n) is 2.38. The van der Waals surface area contributed by atoms with Gasteiger partial charge in [-0.05, 0) is 0 Å². The molecule has 9 heavy (non-hydrogen) atoms. The molecule has 0 saturated heterocycles. The summed E-state index contributed by atoms with van der Waals surface area (Å²) in [4.78, 5) is -0.387. The van der Waals surface area contributed by atoms with E-state index in [0.717, 1.165) is 0 Å². The first-order valence-corrected chi connectivity index (χ1v) is 13.3. The van der Waals surface area contributed by atoms with Gasteiger partial charge in [-0.25, -0.2) is 0 Å². The molecule has 0 aliphatic heterocycles. The van der Waals surface area contributed by atoms with Gasteiger partial charge in [-0.15, -0.1) is 0 Å². The monoisotopic (exact) mass is 479 g/mol. The Morgan fingerprint density at radius 1 is 1.33 bits per heavy atom. The van der Waals surface area contributed by atoms with Gasteiger partial charge in [-0.3, -0.25) is 0 Å². The van der Waals surface area contributed by atoms with Crippen molar-refractivity contribution < 1.29 is 41.2 Å². The van der Waals surface area contributed by atoms with Crippen molar-refractivity contribution in [3.05, 3.63) is 0 Å². The van der Waals surface area contributed by atoms with E-state index in [1.807, 2.05) is 0 Å².